The van der Waals surface area contributed by atoms with Gasteiger partial charge in [-0.15, -0.1) is 0 Å². The van der Waals surface area contributed by atoms with Gasteiger partial charge in [-0.1, -0.05) is 0 Å². The zero-order chi connectivity index (χ0) is 9.26. The van der Waals surface area contributed by atoms with E-state index in [2.05, 4.69) is 0 Å². The third-order valence-corrected chi connectivity index (χ3v) is 3.98. The molecule has 0 aliphatic carbocycles. The van der Waals surface area contributed by atoms with E-state index in [9.17, 15) is 9.59 Å². The molecule has 2 heterocycles. The quantitative estimate of drug-likeness (QED) is 0.493. The molecular weight excluding hydrogens is 188 g/mol. The van der Waals surface area contributed by atoms with Crippen molar-refractivity contribution in [2.24, 2.45) is 5.92 Å². The van der Waals surface area contributed by atoms with Gasteiger partial charge in [0.15, 0.2) is 12.4 Å². The number of carbonyl (C=O) groups excluding carboxylic acids is 2. The molecule has 2 atom stereocenters. The molecule has 72 valence electrons. The fourth-order valence-corrected chi connectivity index (χ4v) is 3.12. The van der Waals surface area contributed by atoms with Gasteiger partial charge in [0.25, 0.3) is 0 Å². The molecule has 2 fully saturated rings. The maximum Gasteiger partial charge on any atom is 0.317 e. The second-order valence-electron chi connectivity index (χ2n) is 3.50. The summed E-state index contributed by atoms with van der Waals surface area (Å²) >= 11 is 1.87. The molecule has 0 spiro atoms. The highest BCUT2D eigenvalue weighted by Crippen LogP contribution is 2.32. The SMILES string of the molecule is O=C1COC(=O)C1CC1CCCS1. The minimum atomic E-state index is -0.449. The van der Waals surface area contributed by atoms with Crippen molar-refractivity contribution in [1.29, 1.82) is 0 Å². The predicted molar refractivity (Wildman–Crippen MR) is 49.6 cm³/mol. The molecule has 2 saturated heterocycles. The largest absolute Gasteiger partial charge is 0.457 e. The maximum absolute atomic E-state index is 11.2. The number of hydrogen-bond acceptors (Lipinski definition) is 4. The molecule has 0 radical (unpaired) electrons. The molecule has 2 aliphatic rings. The lowest BCUT2D eigenvalue weighted by atomic mass is 9.99. The molecule has 2 unspecified atom stereocenters. The molecule has 0 N–H and O–H groups in total. The Hall–Kier alpha value is -0.510. The summed E-state index contributed by atoms with van der Waals surface area (Å²) in [6.07, 6.45) is 3.05. The Balaban J connectivity index is 1.92. The van der Waals surface area contributed by atoms with Crippen molar-refractivity contribution in [3.05, 3.63) is 0 Å². The number of carbonyl (C=O) groups is 2. The van der Waals surface area contributed by atoms with Gasteiger partial charge < -0.3 is 4.74 Å². The first kappa shape index (κ1) is 9.06. The van der Waals surface area contributed by atoms with Crippen LogP contribution >= 0.6 is 11.8 Å². The number of hydrogen-bond donors (Lipinski definition) is 0. The van der Waals surface area contributed by atoms with Crippen molar-refractivity contribution < 1.29 is 14.3 Å². The van der Waals surface area contributed by atoms with Crippen LogP contribution in [0.25, 0.3) is 0 Å². The van der Waals surface area contributed by atoms with Crippen LogP contribution < -0.4 is 0 Å². The summed E-state index contributed by atoms with van der Waals surface area (Å²) < 4.78 is 4.69. The normalized spacial score (nSPS) is 33.8. The van der Waals surface area contributed by atoms with Gasteiger partial charge in [-0.2, -0.15) is 11.8 Å². The first-order valence-electron chi connectivity index (χ1n) is 4.58. The second kappa shape index (κ2) is 3.70. The third-order valence-electron chi connectivity index (χ3n) is 2.55. The summed E-state index contributed by atoms with van der Waals surface area (Å²) in [6, 6.07) is 0. The van der Waals surface area contributed by atoms with Gasteiger partial charge >= 0.3 is 5.97 Å². The molecule has 0 bridgehead atoms. The van der Waals surface area contributed by atoms with Crippen LogP contribution in [-0.4, -0.2) is 29.4 Å². The summed E-state index contributed by atoms with van der Waals surface area (Å²) in [6.45, 7) is 0.000880. The molecule has 0 aromatic carbocycles. The number of ether oxygens (including phenoxy) is 1. The van der Waals surface area contributed by atoms with Gasteiger partial charge in [0.2, 0.25) is 0 Å². The average molecular weight is 200 g/mol. The summed E-state index contributed by atoms with van der Waals surface area (Å²) in [7, 11) is 0. The first-order valence-corrected chi connectivity index (χ1v) is 5.63. The fourth-order valence-electron chi connectivity index (χ4n) is 1.80. The van der Waals surface area contributed by atoms with Gasteiger partial charge in [-0.05, 0) is 25.0 Å². The Morgan fingerprint density at radius 2 is 2.31 bits per heavy atom. The van der Waals surface area contributed by atoms with Crippen molar-refractivity contribution in [2.75, 3.05) is 12.4 Å². The standard InChI is InChI=1S/C9H12O3S/c10-8-5-12-9(11)7(8)4-6-2-1-3-13-6/h6-7H,1-5H2. The van der Waals surface area contributed by atoms with E-state index in [1.807, 2.05) is 11.8 Å². The molecule has 13 heavy (non-hydrogen) atoms. The van der Waals surface area contributed by atoms with Crippen molar-refractivity contribution >= 4 is 23.5 Å². The van der Waals surface area contributed by atoms with Gasteiger partial charge in [-0.3, -0.25) is 9.59 Å². The predicted octanol–water partition coefficient (Wildman–Crippen LogP) is 1.01. The van der Waals surface area contributed by atoms with Gasteiger partial charge in [0, 0.05) is 5.25 Å². The topological polar surface area (TPSA) is 43.4 Å². The molecule has 3 nitrogen and oxygen atoms in total. The van der Waals surface area contributed by atoms with E-state index < -0.39 is 5.92 Å². The lowest BCUT2D eigenvalue weighted by Crippen LogP contribution is -2.19. The highest BCUT2D eigenvalue weighted by Gasteiger charge is 2.37. The number of esters is 1. The molecule has 0 aromatic heterocycles. The van der Waals surface area contributed by atoms with Crippen LogP contribution in [0.3, 0.4) is 0 Å². The number of cyclic esters (lactones) is 1. The van der Waals surface area contributed by atoms with Crippen LogP contribution in [0.5, 0.6) is 0 Å². The van der Waals surface area contributed by atoms with E-state index in [0.717, 1.165) is 6.42 Å². The Kier molecular flexibility index (Phi) is 2.58. The van der Waals surface area contributed by atoms with Crippen LogP contribution in [0, 0.1) is 5.92 Å². The minimum Gasteiger partial charge on any atom is -0.457 e. The Bertz CT molecular complexity index is 217. The van der Waals surface area contributed by atoms with Crippen molar-refractivity contribution in [3.63, 3.8) is 0 Å². The van der Waals surface area contributed by atoms with E-state index in [4.69, 9.17) is 4.74 Å². The van der Waals surface area contributed by atoms with Crippen LogP contribution in [-0.2, 0) is 14.3 Å². The van der Waals surface area contributed by atoms with E-state index in [1.165, 1.54) is 12.2 Å². The highest BCUT2D eigenvalue weighted by atomic mass is 32.2. The summed E-state index contributed by atoms with van der Waals surface area (Å²) in [5, 5.41) is 0.500. The zero-order valence-electron chi connectivity index (χ0n) is 7.32. The summed E-state index contributed by atoms with van der Waals surface area (Å²) in [4.78, 5) is 22.3. The fraction of sp³-hybridized carbons (Fsp3) is 0.778. The Morgan fingerprint density at radius 1 is 1.46 bits per heavy atom. The molecule has 0 saturated carbocycles. The van der Waals surface area contributed by atoms with E-state index in [-0.39, 0.29) is 18.4 Å². The number of thioether (sulfide) groups is 1. The van der Waals surface area contributed by atoms with Gasteiger partial charge in [0.1, 0.15) is 5.92 Å². The minimum absolute atomic E-state index is 0.000880. The third kappa shape index (κ3) is 1.88. The monoisotopic (exact) mass is 200 g/mol. The van der Waals surface area contributed by atoms with Crippen LogP contribution in [0.15, 0.2) is 0 Å². The van der Waals surface area contributed by atoms with Crippen LogP contribution in [0.1, 0.15) is 19.3 Å². The average Bonchev–Trinajstić information content (AvgIpc) is 2.70. The number of ketones is 1. The lowest BCUT2D eigenvalue weighted by molar-refractivity contribution is -0.141. The Labute approximate surface area is 81.2 Å². The van der Waals surface area contributed by atoms with Crippen molar-refractivity contribution in [1.82, 2.24) is 0 Å². The Morgan fingerprint density at radius 3 is 2.85 bits per heavy atom. The van der Waals surface area contributed by atoms with E-state index in [0.29, 0.717) is 11.7 Å². The molecule has 0 amide bonds. The molecule has 2 aliphatic heterocycles. The highest BCUT2D eigenvalue weighted by molar-refractivity contribution is 8.00. The summed E-state index contributed by atoms with van der Waals surface area (Å²) in [5.41, 5.74) is 0. The zero-order valence-corrected chi connectivity index (χ0v) is 8.14. The molecule has 2 rings (SSSR count). The smallest absolute Gasteiger partial charge is 0.317 e. The molecule has 0 aromatic rings. The first-order chi connectivity index (χ1) is 6.27. The lowest BCUT2D eigenvalue weighted by Gasteiger charge is -2.09. The number of rotatable bonds is 2. The maximum atomic E-state index is 11.2. The van der Waals surface area contributed by atoms with Gasteiger partial charge in [0.05, 0.1) is 0 Å². The van der Waals surface area contributed by atoms with Gasteiger partial charge in [-0.25, -0.2) is 0 Å². The van der Waals surface area contributed by atoms with Crippen LogP contribution in [0.2, 0.25) is 0 Å². The van der Waals surface area contributed by atoms with E-state index >= 15 is 0 Å². The van der Waals surface area contributed by atoms with E-state index in [1.54, 1.807) is 0 Å². The molecular formula is C9H12O3S. The second-order valence-corrected chi connectivity index (χ2v) is 4.91. The molecule has 4 heteroatoms. The van der Waals surface area contributed by atoms with Crippen molar-refractivity contribution in [2.45, 2.75) is 24.5 Å². The van der Waals surface area contributed by atoms with Crippen molar-refractivity contribution in [3.8, 4) is 0 Å². The number of Topliss-reactive ketones (excluding diaryl/α,β-unsaturated/α-hetero) is 1. The summed E-state index contributed by atoms with van der Waals surface area (Å²) in [5.74, 6) is 0.381. The van der Waals surface area contributed by atoms with Crippen LogP contribution in [0.4, 0.5) is 0 Å².